The van der Waals surface area contributed by atoms with Crippen LogP contribution >= 0.6 is 0 Å². The summed E-state index contributed by atoms with van der Waals surface area (Å²) in [7, 11) is 1.38. The second kappa shape index (κ2) is 7.36. The minimum absolute atomic E-state index is 0.313. The van der Waals surface area contributed by atoms with Gasteiger partial charge in [-0.1, -0.05) is 6.07 Å². The summed E-state index contributed by atoms with van der Waals surface area (Å²) >= 11 is 0. The Balaban J connectivity index is 1.70. The van der Waals surface area contributed by atoms with Crippen molar-refractivity contribution in [2.75, 3.05) is 13.7 Å². The third kappa shape index (κ3) is 3.18. The molecular formula is C19H21N3O6. The van der Waals surface area contributed by atoms with Crippen LogP contribution < -0.4 is 11.2 Å². The van der Waals surface area contributed by atoms with Gasteiger partial charge in [0.25, 0.3) is 5.56 Å². The van der Waals surface area contributed by atoms with E-state index in [0.29, 0.717) is 12.0 Å². The van der Waals surface area contributed by atoms with Crippen molar-refractivity contribution in [1.29, 1.82) is 0 Å². The van der Waals surface area contributed by atoms with Crippen LogP contribution in [-0.2, 0) is 15.9 Å². The Morgan fingerprint density at radius 1 is 1.29 bits per heavy atom. The fraction of sp³-hybridized carbons (Fsp3) is 0.368. The second-order valence-corrected chi connectivity index (χ2v) is 6.84. The highest BCUT2D eigenvalue weighted by Gasteiger charge is 2.45. The molecule has 0 aliphatic carbocycles. The summed E-state index contributed by atoms with van der Waals surface area (Å²) in [5.41, 5.74) is 1.12. The van der Waals surface area contributed by atoms with Crippen molar-refractivity contribution in [3.8, 4) is 0 Å². The number of benzene rings is 1. The number of aromatic nitrogens is 3. The largest absolute Gasteiger partial charge is 0.394 e. The van der Waals surface area contributed by atoms with Gasteiger partial charge >= 0.3 is 5.69 Å². The van der Waals surface area contributed by atoms with Crippen LogP contribution in [0.25, 0.3) is 10.9 Å². The van der Waals surface area contributed by atoms with E-state index in [2.05, 4.69) is 9.97 Å². The average molecular weight is 387 g/mol. The van der Waals surface area contributed by atoms with E-state index in [0.717, 1.165) is 16.5 Å². The number of ether oxygens (including phenoxy) is 2. The molecule has 3 heterocycles. The molecule has 1 unspecified atom stereocenters. The Bertz CT molecular complexity index is 1100. The Morgan fingerprint density at radius 3 is 2.86 bits per heavy atom. The highest BCUT2D eigenvalue weighted by atomic mass is 16.6. The lowest BCUT2D eigenvalue weighted by Crippen LogP contribution is -2.39. The predicted octanol–water partition coefficient (Wildman–Crippen LogP) is -0.126. The molecule has 0 bridgehead atoms. The van der Waals surface area contributed by atoms with Gasteiger partial charge in [0.15, 0.2) is 6.23 Å². The first kappa shape index (κ1) is 18.6. The maximum absolute atomic E-state index is 12.4. The minimum atomic E-state index is -1.10. The van der Waals surface area contributed by atoms with Gasteiger partial charge in [0.1, 0.15) is 18.3 Å². The van der Waals surface area contributed by atoms with Gasteiger partial charge < -0.3 is 24.7 Å². The molecule has 1 aromatic carbocycles. The van der Waals surface area contributed by atoms with E-state index < -0.39 is 42.4 Å². The number of fused-ring (bicyclic) bond motifs is 1. The number of nitrogens with one attached hydrogen (secondary N) is 2. The molecule has 1 saturated heterocycles. The summed E-state index contributed by atoms with van der Waals surface area (Å²) in [5, 5.41) is 20.6. The maximum atomic E-state index is 12.4. The number of hydrogen-bond donors (Lipinski definition) is 4. The van der Waals surface area contributed by atoms with Crippen LogP contribution in [0.5, 0.6) is 0 Å². The van der Waals surface area contributed by atoms with Crippen molar-refractivity contribution in [2.24, 2.45) is 0 Å². The molecule has 2 aromatic heterocycles. The number of H-pyrrole nitrogens is 2. The van der Waals surface area contributed by atoms with Gasteiger partial charge in [-0.05, 0) is 29.1 Å². The van der Waals surface area contributed by atoms with Crippen molar-refractivity contribution in [1.82, 2.24) is 14.5 Å². The van der Waals surface area contributed by atoms with Crippen LogP contribution in [-0.4, -0.2) is 56.8 Å². The maximum Gasteiger partial charge on any atom is 0.330 e. The fourth-order valence-electron chi connectivity index (χ4n) is 3.62. The molecule has 0 radical (unpaired) electrons. The van der Waals surface area contributed by atoms with Gasteiger partial charge in [0.05, 0.1) is 6.61 Å². The molecule has 0 amide bonds. The van der Waals surface area contributed by atoms with Crippen molar-refractivity contribution in [3.63, 3.8) is 0 Å². The molecule has 28 heavy (non-hydrogen) atoms. The van der Waals surface area contributed by atoms with Gasteiger partial charge in [-0.15, -0.1) is 0 Å². The summed E-state index contributed by atoms with van der Waals surface area (Å²) in [6.07, 6.45) is -0.227. The van der Waals surface area contributed by atoms with Gasteiger partial charge in [-0.2, -0.15) is 0 Å². The number of hydrogen-bond acceptors (Lipinski definition) is 6. The lowest BCUT2D eigenvalue weighted by atomic mass is 10.1. The molecule has 1 fully saturated rings. The first-order valence-corrected chi connectivity index (χ1v) is 8.89. The number of aliphatic hydroxyl groups is 2. The lowest BCUT2D eigenvalue weighted by Gasteiger charge is -2.21. The van der Waals surface area contributed by atoms with Crippen LogP contribution in [0.15, 0.2) is 46.2 Å². The SMILES string of the molecule is COC1[C@@H](O)[C@@H](CO)O[C@H]1n1cc(Cc2ccc3[nH]ccc3c2)c(=O)[nH]c1=O. The summed E-state index contributed by atoms with van der Waals surface area (Å²) < 4.78 is 12.1. The molecule has 9 nitrogen and oxygen atoms in total. The van der Waals surface area contributed by atoms with Crippen LogP contribution in [0.4, 0.5) is 0 Å². The quantitative estimate of drug-likeness (QED) is 0.483. The summed E-state index contributed by atoms with van der Waals surface area (Å²) in [5.74, 6) is 0. The highest BCUT2D eigenvalue weighted by molar-refractivity contribution is 5.79. The van der Waals surface area contributed by atoms with Crippen LogP contribution in [0, 0.1) is 0 Å². The molecule has 9 heteroatoms. The number of methoxy groups -OCH3 is 1. The molecule has 1 aliphatic rings. The molecule has 4 rings (SSSR count). The third-order valence-corrected chi connectivity index (χ3v) is 5.09. The summed E-state index contributed by atoms with van der Waals surface area (Å²) in [6, 6.07) is 7.74. The molecule has 4 atom stereocenters. The van der Waals surface area contributed by atoms with E-state index in [1.54, 1.807) is 0 Å². The van der Waals surface area contributed by atoms with Gasteiger partial charge in [-0.25, -0.2) is 4.79 Å². The Hall–Kier alpha value is -2.72. The van der Waals surface area contributed by atoms with Crippen molar-refractivity contribution in [3.05, 3.63) is 68.6 Å². The Kier molecular flexibility index (Phi) is 4.90. The molecular weight excluding hydrogens is 366 g/mol. The number of nitrogens with zero attached hydrogens (tertiary/aromatic N) is 1. The fourth-order valence-corrected chi connectivity index (χ4v) is 3.62. The second-order valence-electron chi connectivity index (χ2n) is 6.84. The smallest absolute Gasteiger partial charge is 0.330 e. The van der Waals surface area contributed by atoms with Crippen molar-refractivity contribution < 1.29 is 19.7 Å². The normalized spacial score (nSPS) is 24.8. The van der Waals surface area contributed by atoms with Gasteiger partial charge in [-0.3, -0.25) is 14.3 Å². The van der Waals surface area contributed by atoms with Crippen molar-refractivity contribution >= 4 is 10.9 Å². The first-order valence-electron chi connectivity index (χ1n) is 8.89. The molecule has 4 N–H and O–H groups in total. The van der Waals surface area contributed by atoms with E-state index in [1.165, 1.54) is 17.9 Å². The van der Waals surface area contributed by atoms with E-state index in [4.69, 9.17) is 9.47 Å². The van der Waals surface area contributed by atoms with Crippen LogP contribution in [0.3, 0.4) is 0 Å². The van der Waals surface area contributed by atoms with E-state index in [-0.39, 0.29) is 0 Å². The zero-order chi connectivity index (χ0) is 19.8. The molecule has 3 aromatic rings. The van der Waals surface area contributed by atoms with E-state index in [9.17, 15) is 19.8 Å². The molecule has 0 spiro atoms. The third-order valence-electron chi connectivity index (χ3n) is 5.09. The first-order chi connectivity index (χ1) is 13.5. The molecule has 1 aliphatic heterocycles. The monoisotopic (exact) mass is 387 g/mol. The summed E-state index contributed by atoms with van der Waals surface area (Å²) in [4.78, 5) is 30.1. The van der Waals surface area contributed by atoms with Gasteiger partial charge in [0.2, 0.25) is 0 Å². The predicted molar refractivity (Wildman–Crippen MR) is 100 cm³/mol. The Morgan fingerprint density at radius 2 is 2.11 bits per heavy atom. The number of aliphatic hydroxyl groups excluding tert-OH is 2. The highest BCUT2D eigenvalue weighted by Crippen LogP contribution is 2.30. The zero-order valence-corrected chi connectivity index (χ0v) is 15.2. The minimum Gasteiger partial charge on any atom is -0.394 e. The van der Waals surface area contributed by atoms with E-state index in [1.807, 2.05) is 30.5 Å². The average Bonchev–Trinajstić information content (AvgIpc) is 3.27. The van der Waals surface area contributed by atoms with Crippen LogP contribution in [0.1, 0.15) is 17.4 Å². The number of aromatic amines is 2. The topological polar surface area (TPSA) is 130 Å². The Labute approximate surface area is 159 Å². The van der Waals surface area contributed by atoms with Crippen LogP contribution in [0.2, 0.25) is 0 Å². The standard InChI is InChI=1S/C19H21N3O6/c1-27-16-15(24)14(9-23)28-18(16)22-8-12(17(25)21-19(22)26)7-10-2-3-13-11(6-10)4-5-20-13/h2-6,8,14-16,18,20,23-24H,7,9H2,1H3,(H,21,25,26)/t14-,15+,16?,18-/m1/s1. The zero-order valence-electron chi connectivity index (χ0n) is 15.2. The molecule has 148 valence electrons. The molecule has 0 saturated carbocycles. The number of rotatable bonds is 5. The van der Waals surface area contributed by atoms with Gasteiger partial charge in [0, 0.05) is 37.0 Å². The lowest BCUT2D eigenvalue weighted by molar-refractivity contribution is -0.0626. The van der Waals surface area contributed by atoms with Crippen molar-refractivity contribution in [2.45, 2.75) is 31.0 Å². The van der Waals surface area contributed by atoms with E-state index >= 15 is 0 Å². The summed E-state index contributed by atoms with van der Waals surface area (Å²) in [6.45, 7) is -0.417.